The molecule has 0 heterocycles. The maximum absolute atomic E-state index is 12.9. The summed E-state index contributed by atoms with van der Waals surface area (Å²) in [4.78, 5) is 33.6. The predicted molar refractivity (Wildman–Crippen MR) is 201 cm³/mol. The normalized spacial score (nSPS) is 15.0. The van der Waals surface area contributed by atoms with Crippen LogP contribution in [0.4, 0.5) is 0 Å². The summed E-state index contributed by atoms with van der Waals surface area (Å²) in [6, 6.07) is 19.4. The van der Waals surface area contributed by atoms with Crippen LogP contribution in [0.5, 0.6) is 0 Å². The third-order valence-electron chi connectivity index (χ3n) is 7.68. The van der Waals surface area contributed by atoms with Gasteiger partial charge >= 0.3 is 11.9 Å². The van der Waals surface area contributed by atoms with Gasteiger partial charge < -0.3 is 24.3 Å². The van der Waals surface area contributed by atoms with Gasteiger partial charge in [-0.05, 0) is 49.2 Å². The molecule has 1 N–H and O–H groups in total. The van der Waals surface area contributed by atoms with Crippen molar-refractivity contribution < 1.29 is 46.4 Å². The first-order valence-corrected chi connectivity index (χ1v) is 18.7. The molecule has 3 rings (SSSR count). The van der Waals surface area contributed by atoms with Gasteiger partial charge in [-0.15, -0.1) is 0 Å². The Balaban J connectivity index is 0.000000402. The lowest BCUT2D eigenvalue weighted by Crippen LogP contribution is -2.37. The zero-order valence-electron chi connectivity index (χ0n) is 29.5. The number of aliphatic hydroxyl groups is 1. The van der Waals surface area contributed by atoms with Crippen molar-refractivity contribution in [1.29, 1.82) is 0 Å². The summed E-state index contributed by atoms with van der Waals surface area (Å²) in [5, 5.41) is 17.2. The molecule has 0 aliphatic heterocycles. The van der Waals surface area contributed by atoms with Crippen molar-refractivity contribution in [2.75, 3.05) is 14.2 Å². The molecule has 52 heavy (non-hydrogen) atoms. The molecule has 0 amide bonds. The Bertz CT molecular complexity index is 1730. The van der Waals surface area contributed by atoms with Gasteiger partial charge in [-0.1, -0.05) is 109 Å². The molecule has 0 aliphatic rings. The van der Waals surface area contributed by atoms with E-state index in [1.165, 1.54) is 32.7 Å². The Morgan fingerprint density at radius 1 is 0.731 bits per heavy atom. The van der Waals surface area contributed by atoms with Crippen molar-refractivity contribution in [2.45, 2.75) is 69.8 Å². The molecular formula is C36H43Cl3N2O10S. The number of hydrogen-bond acceptors (Lipinski definition) is 12. The Labute approximate surface area is 319 Å². The Morgan fingerprint density at radius 3 is 1.60 bits per heavy atom. The van der Waals surface area contributed by atoms with Gasteiger partial charge in [0.25, 0.3) is 10.1 Å². The molecule has 12 nitrogen and oxygen atoms in total. The highest BCUT2D eigenvalue weighted by Crippen LogP contribution is 2.34. The fourth-order valence-electron chi connectivity index (χ4n) is 4.56. The van der Waals surface area contributed by atoms with Crippen LogP contribution in [0.15, 0.2) is 88.0 Å². The Kier molecular flexibility index (Phi) is 19.1. The van der Waals surface area contributed by atoms with Crippen molar-refractivity contribution in [3.8, 4) is 0 Å². The fourth-order valence-corrected chi connectivity index (χ4v) is 6.76. The molecule has 6 atom stereocenters. The van der Waals surface area contributed by atoms with E-state index in [9.17, 15) is 23.1 Å². The van der Waals surface area contributed by atoms with Gasteiger partial charge in [0, 0.05) is 11.8 Å². The average Bonchev–Trinajstić information content (AvgIpc) is 3.15. The summed E-state index contributed by atoms with van der Waals surface area (Å²) >= 11 is 17.9. The van der Waals surface area contributed by atoms with Gasteiger partial charge in [-0.2, -0.15) is 8.42 Å². The molecule has 3 aromatic carbocycles. The van der Waals surface area contributed by atoms with Gasteiger partial charge in [-0.3, -0.25) is 4.18 Å². The molecule has 3 aromatic rings. The van der Waals surface area contributed by atoms with Crippen LogP contribution in [0.3, 0.4) is 0 Å². The number of hydrogen-bond donors (Lipinski definition) is 1. The molecule has 0 bridgehead atoms. The van der Waals surface area contributed by atoms with Crippen LogP contribution in [-0.4, -0.2) is 76.5 Å². The summed E-state index contributed by atoms with van der Waals surface area (Å²) in [7, 11) is -1.57. The third kappa shape index (κ3) is 13.7. The monoisotopic (exact) mass is 800 g/mol. The van der Waals surface area contributed by atoms with Crippen LogP contribution in [-0.2, 0) is 33.5 Å². The fraction of sp³-hybridized carbons (Fsp3) is 0.389. The highest BCUT2D eigenvalue weighted by Gasteiger charge is 2.33. The second-order valence-electron chi connectivity index (χ2n) is 11.2. The number of esters is 2. The summed E-state index contributed by atoms with van der Waals surface area (Å²) in [6.07, 6.45) is 0.473. The molecule has 0 aliphatic carbocycles. The standard InChI is InChI=1S/C21H22Cl3NO6S.C15H21NO4/c1-4-18(31-32(27,28)20-11-16(23)15(22)10-17(20)24)13(2)19(12-25-29-3)30-21(26)14-8-6-5-7-9-14;1-4-13(17)11(2)14(10-16-19-3)20-15(18)12-8-6-5-7-9-12/h5-13,18-19H,4H2,1-3H3;5-11,13-14,17H,4H2,1-3H3/t13-,18-,19+;11-,13-,14+/m11/s1. The second kappa shape index (κ2) is 22.4. The summed E-state index contributed by atoms with van der Waals surface area (Å²) in [5.41, 5.74) is 0.793. The van der Waals surface area contributed by atoms with E-state index in [0.717, 1.165) is 6.07 Å². The van der Waals surface area contributed by atoms with Crippen LogP contribution < -0.4 is 0 Å². The van der Waals surface area contributed by atoms with Crippen LogP contribution in [0.2, 0.25) is 15.1 Å². The predicted octanol–water partition coefficient (Wildman–Crippen LogP) is 7.88. The smallest absolute Gasteiger partial charge is 0.338 e. The first kappa shape index (κ1) is 44.4. The minimum atomic E-state index is -4.31. The zero-order valence-corrected chi connectivity index (χ0v) is 32.6. The summed E-state index contributed by atoms with van der Waals surface area (Å²) < 4.78 is 42.2. The highest BCUT2D eigenvalue weighted by molar-refractivity contribution is 7.87. The number of halogens is 3. The SMILES string of the molecule is CC[C@@H](O)[C@@H](C)[C@H](C=NOC)OC(=O)c1ccccc1.CC[C@@H](OS(=O)(=O)c1cc(Cl)c(Cl)cc1Cl)[C@@H](C)[C@H](C=NOC)OC(=O)c1ccccc1. The van der Waals surface area contributed by atoms with E-state index in [1.54, 1.807) is 75.4 Å². The van der Waals surface area contributed by atoms with Gasteiger partial charge in [0.05, 0.1) is 50.8 Å². The third-order valence-corrected chi connectivity index (χ3v) is 10.2. The van der Waals surface area contributed by atoms with Crippen LogP contribution in [0.1, 0.15) is 61.3 Å². The summed E-state index contributed by atoms with van der Waals surface area (Å²) in [5.74, 6) is -1.95. The minimum Gasteiger partial charge on any atom is -0.452 e. The maximum atomic E-state index is 12.9. The van der Waals surface area contributed by atoms with Crippen LogP contribution in [0, 0.1) is 11.8 Å². The summed E-state index contributed by atoms with van der Waals surface area (Å²) in [6.45, 7) is 7.07. The van der Waals surface area contributed by atoms with Gasteiger partial charge in [0.15, 0.2) is 0 Å². The van der Waals surface area contributed by atoms with Crippen LogP contribution >= 0.6 is 34.8 Å². The van der Waals surface area contributed by atoms with E-state index in [1.807, 2.05) is 13.0 Å². The van der Waals surface area contributed by atoms with E-state index >= 15 is 0 Å². The number of carbonyl (C=O) groups is 2. The largest absolute Gasteiger partial charge is 0.452 e. The van der Waals surface area contributed by atoms with E-state index in [-0.39, 0.29) is 32.3 Å². The molecule has 284 valence electrons. The number of rotatable bonds is 17. The Morgan fingerprint density at radius 2 is 1.17 bits per heavy atom. The molecular weight excluding hydrogens is 759 g/mol. The minimum absolute atomic E-state index is 0.0150. The van der Waals surface area contributed by atoms with Crippen molar-refractivity contribution in [3.05, 3.63) is 99.0 Å². The van der Waals surface area contributed by atoms with Gasteiger partial charge in [0.2, 0.25) is 0 Å². The van der Waals surface area contributed by atoms with E-state index in [4.69, 9.17) is 53.3 Å². The Hall–Kier alpha value is -3.72. The maximum Gasteiger partial charge on any atom is 0.338 e. The molecule has 0 spiro atoms. The molecule has 0 fully saturated rings. The lowest BCUT2D eigenvalue weighted by Gasteiger charge is -2.27. The number of aliphatic hydroxyl groups excluding tert-OH is 1. The number of ether oxygens (including phenoxy) is 2. The van der Waals surface area contributed by atoms with E-state index in [0.29, 0.717) is 17.5 Å². The molecule has 0 saturated heterocycles. The molecule has 16 heteroatoms. The number of carbonyl (C=O) groups excluding carboxylic acids is 2. The van der Waals surface area contributed by atoms with Crippen molar-refractivity contribution >= 4 is 69.3 Å². The first-order chi connectivity index (χ1) is 24.7. The zero-order chi connectivity index (χ0) is 38.8. The van der Waals surface area contributed by atoms with E-state index < -0.39 is 52.4 Å². The van der Waals surface area contributed by atoms with Crippen molar-refractivity contribution in [2.24, 2.45) is 22.1 Å². The first-order valence-electron chi connectivity index (χ1n) is 16.1. The van der Waals surface area contributed by atoms with Crippen molar-refractivity contribution in [3.63, 3.8) is 0 Å². The number of benzene rings is 3. The van der Waals surface area contributed by atoms with Gasteiger partial charge in [-0.25, -0.2) is 9.59 Å². The lowest BCUT2D eigenvalue weighted by atomic mass is 9.97. The second-order valence-corrected chi connectivity index (χ2v) is 14.0. The molecule has 0 radical (unpaired) electrons. The molecule has 0 unspecified atom stereocenters. The van der Waals surface area contributed by atoms with Crippen molar-refractivity contribution in [1.82, 2.24) is 0 Å². The number of nitrogens with zero attached hydrogens (tertiary/aromatic N) is 2. The average molecular weight is 802 g/mol. The topological polar surface area (TPSA) is 159 Å². The molecule has 0 saturated carbocycles. The highest BCUT2D eigenvalue weighted by atomic mass is 35.5. The van der Waals surface area contributed by atoms with E-state index in [2.05, 4.69) is 15.1 Å². The number of oxime groups is 2. The lowest BCUT2D eigenvalue weighted by molar-refractivity contribution is 0.00916. The van der Waals surface area contributed by atoms with Gasteiger partial charge in [0.1, 0.15) is 31.3 Å². The quantitative estimate of drug-likeness (QED) is 0.0468. The molecule has 0 aromatic heterocycles. The van der Waals surface area contributed by atoms with Crippen LogP contribution in [0.25, 0.3) is 0 Å².